The Morgan fingerprint density at radius 1 is 1.09 bits per heavy atom. The number of halogens is 2. The number of hydrogen-bond acceptors (Lipinski definition) is 7. The fourth-order valence-electron chi connectivity index (χ4n) is 4.34. The van der Waals surface area contributed by atoms with Gasteiger partial charge in [-0.15, -0.1) is 0 Å². The van der Waals surface area contributed by atoms with E-state index in [4.69, 9.17) is 32.7 Å². The summed E-state index contributed by atoms with van der Waals surface area (Å²) in [5.41, 5.74) is 2.98. The molecular formula is C26H32Cl2N4O3. The topological polar surface area (TPSA) is 66.4 Å². The minimum absolute atomic E-state index is 0.168. The van der Waals surface area contributed by atoms with Crippen LogP contribution >= 0.6 is 23.2 Å². The Kier molecular flexibility index (Phi) is 9.26. The van der Waals surface area contributed by atoms with Crippen LogP contribution in [0, 0.1) is 0 Å². The molecule has 1 N–H and O–H groups in total. The minimum Gasteiger partial charge on any atom is -0.494 e. The summed E-state index contributed by atoms with van der Waals surface area (Å²) in [7, 11) is 1.71. The largest absolute Gasteiger partial charge is 0.494 e. The fraction of sp³-hybridized carbons (Fsp3) is 0.462. The Morgan fingerprint density at radius 3 is 2.71 bits per heavy atom. The molecule has 188 valence electrons. The number of unbranched alkanes of at least 4 members (excludes halogenated alkanes) is 1. The van der Waals surface area contributed by atoms with Crippen LogP contribution in [0.3, 0.4) is 0 Å². The molecule has 1 fully saturated rings. The number of likely N-dealkylation sites (N-methyl/N-ethyl adjacent to an activating group) is 1. The highest BCUT2D eigenvalue weighted by Crippen LogP contribution is 2.33. The van der Waals surface area contributed by atoms with Gasteiger partial charge in [-0.1, -0.05) is 35.3 Å². The van der Waals surface area contributed by atoms with E-state index < -0.39 is 0 Å². The Morgan fingerprint density at radius 2 is 1.91 bits per heavy atom. The summed E-state index contributed by atoms with van der Waals surface area (Å²) in [6.07, 6.45) is 3.49. The third-order valence-electron chi connectivity index (χ3n) is 6.24. The van der Waals surface area contributed by atoms with Gasteiger partial charge in [-0.3, -0.25) is 9.69 Å². The van der Waals surface area contributed by atoms with E-state index in [0.29, 0.717) is 29.0 Å². The number of rotatable bonds is 9. The number of aliphatic imine (C=N–C) groups is 1. The first-order valence-corrected chi connectivity index (χ1v) is 12.9. The molecule has 2 heterocycles. The zero-order valence-electron chi connectivity index (χ0n) is 20.1. The van der Waals surface area contributed by atoms with Gasteiger partial charge < -0.3 is 19.7 Å². The molecule has 0 unspecified atom stereocenters. The van der Waals surface area contributed by atoms with Crippen LogP contribution in [0.4, 0.5) is 11.4 Å². The number of aryl methyl sites for hydroxylation is 1. The molecule has 0 saturated carbocycles. The van der Waals surface area contributed by atoms with E-state index in [1.54, 1.807) is 7.05 Å². The van der Waals surface area contributed by atoms with Crippen molar-refractivity contribution in [3.05, 3.63) is 52.0 Å². The first-order valence-electron chi connectivity index (χ1n) is 12.1. The SMILES string of the molecule is CNCC(=O)OC1=Nc2cc(OCCCCN3CCN(c4cccc(Cl)c4Cl)CC3)ccc2CC1. The third-order valence-corrected chi connectivity index (χ3v) is 7.05. The molecule has 7 nitrogen and oxygen atoms in total. The van der Waals surface area contributed by atoms with Crippen molar-refractivity contribution in [1.29, 1.82) is 0 Å². The number of carbonyl (C=O) groups excluding carboxylic acids is 1. The highest BCUT2D eigenvalue weighted by Gasteiger charge is 2.20. The smallest absolute Gasteiger partial charge is 0.326 e. The Bertz CT molecular complexity index is 1050. The van der Waals surface area contributed by atoms with Gasteiger partial charge in [-0.2, -0.15) is 0 Å². The predicted octanol–water partition coefficient (Wildman–Crippen LogP) is 4.71. The van der Waals surface area contributed by atoms with Crippen LogP contribution in [-0.4, -0.2) is 69.7 Å². The number of benzene rings is 2. The highest BCUT2D eigenvalue weighted by atomic mass is 35.5. The Hall–Kier alpha value is -2.32. The van der Waals surface area contributed by atoms with E-state index in [1.807, 2.05) is 36.4 Å². The first kappa shape index (κ1) is 25.8. The standard InChI is InChI=1S/C26H32Cl2N4O3/c1-29-18-25(33)35-24-10-8-19-7-9-20(17-22(19)30-24)34-16-3-2-11-31-12-14-32(15-13-31)23-6-4-5-21(27)26(23)28/h4-7,9,17,29H,2-3,8,10-16,18H2,1H3. The maximum atomic E-state index is 11.7. The van der Waals surface area contributed by atoms with Gasteiger partial charge in [0.1, 0.15) is 5.75 Å². The number of anilines is 1. The summed E-state index contributed by atoms with van der Waals surface area (Å²) in [6.45, 7) is 5.78. The van der Waals surface area contributed by atoms with Crippen molar-refractivity contribution in [3.8, 4) is 5.75 Å². The summed E-state index contributed by atoms with van der Waals surface area (Å²) in [6, 6.07) is 11.8. The number of hydrogen-bond donors (Lipinski definition) is 1. The average molecular weight is 519 g/mol. The maximum absolute atomic E-state index is 11.7. The second-order valence-corrected chi connectivity index (χ2v) is 9.54. The molecule has 9 heteroatoms. The van der Waals surface area contributed by atoms with E-state index in [-0.39, 0.29) is 12.5 Å². The van der Waals surface area contributed by atoms with Gasteiger partial charge >= 0.3 is 5.97 Å². The number of piperazine rings is 1. The summed E-state index contributed by atoms with van der Waals surface area (Å²) in [5.74, 6) is 0.937. The lowest BCUT2D eigenvalue weighted by Crippen LogP contribution is -2.46. The van der Waals surface area contributed by atoms with Crippen LogP contribution in [0.1, 0.15) is 24.8 Å². The third kappa shape index (κ3) is 7.10. The summed E-state index contributed by atoms with van der Waals surface area (Å²) < 4.78 is 11.3. The predicted molar refractivity (Wildman–Crippen MR) is 142 cm³/mol. The van der Waals surface area contributed by atoms with Crippen molar-refractivity contribution < 1.29 is 14.3 Å². The summed E-state index contributed by atoms with van der Waals surface area (Å²) in [5, 5.41) is 4.03. The second-order valence-electron chi connectivity index (χ2n) is 8.76. The number of nitrogens with one attached hydrogen (secondary N) is 1. The maximum Gasteiger partial charge on any atom is 0.326 e. The van der Waals surface area contributed by atoms with Crippen molar-refractivity contribution in [3.63, 3.8) is 0 Å². The van der Waals surface area contributed by atoms with Gasteiger partial charge in [0.05, 0.1) is 34.6 Å². The molecule has 2 aromatic carbocycles. The van der Waals surface area contributed by atoms with E-state index in [0.717, 1.165) is 74.7 Å². The van der Waals surface area contributed by atoms with Crippen LogP contribution in [-0.2, 0) is 16.0 Å². The molecule has 1 saturated heterocycles. The molecule has 0 amide bonds. The number of nitrogens with zero attached hydrogens (tertiary/aromatic N) is 3. The monoisotopic (exact) mass is 518 g/mol. The minimum atomic E-state index is -0.322. The van der Waals surface area contributed by atoms with Gasteiger partial charge in [0.15, 0.2) is 5.90 Å². The van der Waals surface area contributed by atoms with Crippen LogP contribution < -0.4 is 15.0 Å². The normalized spacial score (nSPS) is 16.0. The van der Waals surface area contributed by atoms with E-state index in [2.05, 4.69) is 20.1 Å². The van der Waals surface area contributed by atoms with Crippen molar-refractivity contribution in [2.24, 2.45) is 4.99 Å². The molecule has 2 aliphatic rings. The van der Waals surface area contributed by atoms with Gasteiger partial charge in [0.25, 0.3) is 0 Å². The zero-order valence-corrected chi connectivity index (χ0v) is 21.6. The van der Waals surface area contributed by atoms with Crippen molar-refractivity contribution in [2.75, 3.05) is 57.8 Å². The Labute approximate surface area is 217 Å². The lowest BCUT2D eigenvalue weighted by Gasteiger charge is -2.36. The summed E-state index contributed by atoms with van der Waals surface area (Å²) in [4.78, 5) is 21.0. The van der Waals surface area contributed by atoms with Crippen molar-refractivity contribution >= 4 is 46.4 Å². The van der Waals surface area contributed by atoms with E-state index in [1.165, 1.54) is 0 Å². The molecule has 2 aromatic rings. The molecule has 35 heavy (non-hydrogen) atoms. The van der Waals surface area contributed by atoms with E-state index >= 15 is 0 Å². The number of carbonyl (C=O) groups is 1. The average Bonchev–Trinajstić information content (AvgIpc) is 2.86. The fourth-order valence-corrected chi connectivity index (χ4v) is 4.76. The second kappa shape index (κ2) is 12.6. The molecule has 0 bridgehead atoms. The molecule has 2 aliphatic heterocycles. The first-order chi connectivity index (χ1) is 17.0. The van der Waals surface area contributed by atoms with Crippen LogP contribution in [0.15, 0.2) is 41.4 Å². The van der Waals surface area contributed by atoms with Crippen molar-refractivity contribution in [1.82, 2.24) is 10.2 Å². The van der Waals surface area contributed by atoms with Gasteiger partial charge in [-0.25, -0.2) is 4.99 Å². The molecule has 0 atom stereocenters. The van der Waals surface area contributed by atoms with Crippen LogP contribution in [0.25, 0.3) is 0 Å². The molecule has 0 aliphatic carbocycles. The van der Waals surface area contributed by atoms with Gasteiger partial charge in [-0.05, 0) is 56.6 Å². The van der Waals surface area contributed by atoms with Gasteiger partial charge in [0, 0.05) is 38.7 Å². The quantitative estimate of drug-likeness (QED) is 0.382. The number of esters is 1. The Balaban J connectivity index is 1.17. The molecule has 0 spiro atoms. The van der Waals surface area contributed by atoms with Crippen molar-refractivity contribution in [2.45, 2.75) is 25.7 Å². The molecule has 0 radical (unpaired) electrons. The summed E-state index contributed by atoms with van der Waals surface area (Å²) >= 11 is 12.5. The lowest BCUT2D eigenvalue weighted by molar-refractivity contribution is -0.134. The van der Waals surface area contributed by atoms with Gasteiger partial charge in [0.2, 0.25) is 0 Å². The zero-order chi connectivity index (χ0) is 24.6. The van der Waals surface area contributed by atoms with Crippen LogP contribution in [0.2, 0.25) is 10.0 Å². The molecular weight excluding hydrogens is 487 g/mol. The highest BCUT2D eigenvalue weighted by molar-refractivity contribution is 6.43. The molecule has 0 aromatic heterocycles. The van der Waals surface area contributed by atoms with E-state index in [9.17, 15) is 4.79 Å². The van der Waals surface area contributed by atoms with Crippen LogP contribution in [0.5, 0.6) is 5.75 Å². The number of ether oxygens (including phenoxy) is 2. The number of fused-ring (bicyclic) bond motifs is 1. The molecule has 4 rings (SSSR count). The lowest BCUT2D eigenvalue weighted by atomic mass is 10.0.